The van der Waals surface area contributed by atoms with Crippen molar-refractivity contribution in [2.24, 2.45) is 4.99 Å². The molecular weight excluding hydrogens is 367 g/mol. The van der Waals surface area contributed by atoms with Crippen molar-refractivity contribution in [1.82, 2.24) is 25.4 Å². The summed E-state index contributed by atoms with van der Waals surface area (Å²) in [6.07, 6.45) is 3.22. The fourth-order valence-electron chi connectivity index (χ4n) is 2.00. The lowest BCUT2D eigenvalue weighted by Crippen LogP contribution is -2.37. The molecule has 6 nitrogen and oxygen atoms in total. The van der Waals surface area contributed by atoms with Gasteiger partial charge >= 0.3 is 0 Å². The van der Waals surface area contributed by atoms with Gasteiger partial charge in [0.25, 0.3) is 0 Å². The molecule has 0 saturated carbocycles. The number of hydrogen-bond acceptors (Lipinski definition) is 5. The Morgan fingerprint density at radius 2 is 2.35 bits per heavy atom. The number of nitrogens with zero attached hydrogens (tertiary/aromatic N) is 4. The van der Waals surface area contributed by atoms with Crippen LogP contribution in [0.4, 0.5) is 0 Å². The Labute approximate surface area is 134 Å². The maximum atomic E-state index is 4.37. The summed E-state index contributed by atoms with van der Waals surface area (Å²) < 4.78 is 1.75. The number of aliphatic imine (C=N–C) groups is 1. The molecule has 3 rings (SSSR count). The van der Waals surface area contributed by atoms with Gasteiger partial charge in [-0.1, -0.05) is 12.1 Å². The molecule has 0 amide bonds. The average Bonchev–Trinajstić information content (AvgIpc) is 3.08. The largest absolute Gasteiger partial charge is 0.352 e. The highest BCUT2D eigenvalue weighted by Crippen LogP contribution is 2.09. The molecule has 1 atom stereocenters. The number of nitrogens with one attached hydrogen (secondary N) is 2. The van der Waals surface area contributed by atoms with Crippen molar-refractivity contribution in [1.29, 1.82) is 0 Å². The van der Waals surface area contributed by atoms with Crippen molar-refractivity contribution < 1.29 is 0 Å². The highest BCUT2D eigenvalue weighted by molar-refractivity contribution is 14.0. The van der Waals surface area contributed by atoms with Crippen molar-refractivity contribution in [2.45, 2.75) is 19.5 Å². The van der Waals surface area contributed by atoms with E-state index in [1.165, 1.54) is 11.9 Å². The number of hydrogen-bond donors (Lipinski definition) is 2. The molecule has 0 fully saturated rings. The summed E-state index contributed by atoms with van der Waals surface area (Å²) in [5.74, 6) is 0.874. The maximum Gasteiger partial charge on any atom is 0.191 e. The van der Waals surface area contributed by atoms with E-state index in [2.05, 4.69) is 44.8 Å². The van der Waals surface area contributed by atoms with E-state index in [1.54, 1.807) is 11.0 Å². The lowest BCUT2D eigenvalue weighted by molar-refractivity contribution is 0.713. The molecule has 0 spiro atoms. The van der Waals surface area contributed by atoms with Crippen LogP contribution >= 0.6 is 24.0 Å². The number of aromatic nitrogens is 3. The lowest BCUT2D eigenvalue weighted by Gasteiger charge is -2.09. The Morgan fingerprint density at radius 1 is 1.45 bits per heavy atom. The van der Waals surface area contributed by atoms with Crippen LogP contribution in [-0.4, -0.2) is 33.3 Å². The summed E-state index contributed by atoms with van der Waals surface area (Å²) in [7, 11) is 0. The van der Waals surface area contributed by atoms with E-state index in [0.717, 1.165) is 24.7 Å². The molecular formula is C13H17IN6. The normalized spacial score (nSPS) is 17.1. The molecule has 1 aliphatic rings. The summed E-state index contributed by atoms with van der Waals surface area (Å²) in [6.45, 7) is 3.69. The van der Waals surface area contributed by atoms with Gasteiger partial charge in [0.15, 0.2) is 5.96 Å². The first-order chi connectivity index (χ1) is 9.31. The van der Waals surface area contributed by atoms with E-state index in [1.807, 2.05) is 12.1 Å². The first kappa shape index (κ1) is 14.8. The van der Waals surface area contributed by atoms with Gasteiger partial charge in [0.2, 0.25) is 0 Å². The van der Waals surface area contributed by atoms with Crippen LogP contribution in [0.25, 0.3) is 5.69 Å². The minimum atomic E-state index is 0. The Balaban J connectivity index is 0.00000147. The standard InChI is InChI=1S/C13H16N6.HI/c1-10-6-15-13(18-10)16-7-11-3-2-4-12(5-11)19-9-14-8-17-19;/h2-5,8-10H,6-7H2,1H3,(H2,15,16,18);1H. The molecule has 106 valence electrons. The molecule has 7 heteroatoms. The van der Waals surface area contributed by atoms with Crippen LogP contribution in [-0.2, 0) is 6.54 Å². The quantitative estimate of drug-likeness (QED) is 0.784. The number of benzene rings is 1. The highest BCUT2D eigenvalue weighted by Gasteiger charge is 2.11. The molecule has 2 heterocycles. The number of guanidine groups is 1. The molecule has 1 aromatic carbocycles. The van der Waals surface area contributed by atoms with Crippen molar-refractivity contribution >= 4 is 29.9 Å². The van der Waals surface area contributed by atoms with Crippen molar-refractivity contribution in [3.63, 3.8) is 0 Å². The van der Waals surface area contributed by atoms with E-state index < -0.39 is 0 Å². The van der Waals surface area contributed by atoms with Crippen molar-refractivity contribution in [3.05, 3.63) is 42.5 Å². The maximum absolute atomic E-state index is 4.37. The van der Waals surface area contributed by atoms with Gasteiger partial charge in [0.05, 0.1) is 12.2 Å². The molecule has 20 heavy (non-hydrogen) atoms. The molecule has 1 aliphatic heterocycles. The molecule has 2 aromatic rings. The Kier molecular flexibility index (Phi) is 4.94. The molecule has 0 saturated heterocycles. The van der Waals surface area contributed by atoms with Gasteiger partial charge in [-0.25, -0.2) is 9.67 Å². The average molecular weight is 384 g/mol. The van der Waals surface area contributed by atoms with E-state index in [0.29, 0.717) is 6.04 Å². The molecule has 1 unspecified atom stereocenters. The highest BCUT2D eigenvalue weighted by atomic mass is 127. The zero-order chi connectivity index (χ0) is 13.1. The van der Waals surface area contributed by atoms with Gasteiger partial charge in [-0.05, 0) is 24.6 Å². The van der Waals surface area contributed by atoms with Gasteiger partial charge < -0.3 is 10.6 Å². The lowest BCUT2D eigenvalue weighted by atomic mass is 10.2. The zero-order valence-electron chi connectivity index (χ0n) is 11.2. The van der Waals surface area contributed by atoms with E-state index in [9.17, 15) is 0 Å². The second-order valence-electron chi connectivity index (χ2n) is 4.60. The summed E-state index contributed by atoms with van der Waals surface area (Å²) in [5, 5.41) is 10.7. The minimum Gasteiger partial charge on any atom is -0.352 e. The number of rotatable bonds is 3. The Morgan fingerprint density at radius 3 is 3.05 bits per heavy atom. The zero-order valence-corrected chi connectivity index (χ0v) is 13.5. The molecule has 2 N–H and O–H groups in total. The van der Waals surface area contributed by atoms with E-state index in [4.69, 9.17) is 0 Å². The smallest absolute Gasteiger partial charge is 0.191 e. The van der Waals surface area contributed by atoms with Crippen LogP contribution in [0.1, 0.15) is 12.5 Å². The first-order valence-corrected chi connectivity index (χ1v) is 6.30. The van der Waals surface area contributed by atoms with E-state index >= 15 is 0 Å². The Hall–Kier alpha value is -1.64. The van der Waals surface area contributed by atoms with Crippen molar-refractivity contribution in [2.75, 3.05) is 6.54 Å². The van der Waals surface area contributed by atoms with Crippen LogP contribution < -0.4 is 10.6 Å². The fraction of sp³-hybridized carbons (Fsp3) is 0.308. The van der Waals surface area contributed by atoms with Gasteiger partial charge in [0.1, 0.15) is 12.7 Å². The third-order valence-electron chi connectivity index (χ3n) is 2.96. The van der Waals surface area contributed by atoms with Gasteiger partial charge in [0, 0.05) is 12.6 Å². The third-order valence-corrected chi connectivity index (χ3v) is 2.96. The topological polar surface area (TPSA) is 67.1 Å². The molecule has 0 bridgehead atoms. The first-order valence-electron chi connectivity index (χ1n) is 6.30. The third kappa shape index (κ3) is 3.47. The predicted molar refractivity (Wildman–Crippen MR) is 88.5 cm³/mol. The number of halogens is 1. The monoisotopic (exact) mass is 384 g/mol. The van der Waals surface area contributed by atoms with Gasteiger partial charge in [-0.3, -0.25) is 4.99 Å². The minimum absolute atomic E-state index is 0. The molecule has 0 radical (unpaired) electrons. The summed E-state index contributed by atoms with van der Waals surface area (Å²) in [4.78, 5) is 8.32. The summed E-state index contributed by atoms with van der Waals surface area (Å²) in [6, 6.07) is 8.60. The summed E-state index contributed by atoms with van der Waals surface area (Å²) >= 11 is 0. The summed E-state index contributed by atoms with van der Waals surface area (Å²) in [5.41, 5.74) is 2.18. The van der Waals surface area contributed by atoms with Gasteiger partial charge in [-0.15, -0.1) is 24.0 Å². The molecule has 0 aliphatic carbocycles. The van der Waals surface area contributed by atoms with Crippen LogP contribution in [0.3, 0.4) is 0 Å². The van der Waals surface area contributed by atoms with Crippen LogP contribution in [0.5, 0.6) is 0 Å². The second kappa shape index (κ2) is 6.69. The SMILES string of the molecule is CC1CN=C(NCc2cccc(-n3cncn3)c2)N1.I. The van der Waals surface area contributed by atoms with Crippen LogP contribution in [0.15, 0.2) is 41.9 Å². The van der Waals surface area contributed by atoms with Gasteiger partial charge in [-0.2, -0.15) is 5.10 Å². The fourth-order valence-corrected chi connectivity index (χ4v) is 2.00. The van der Waals surface area contributed by atoms with E-state index in [-0.39, 0.29) is 24.0 Å². The van der Waals surface area contributed by atoms with Crippen LogP contribution in [0, 0.1) is 0 Å². The van der Waals surface area contributed by atoms with Crippen molar-refractivity contribution in [3.8, 4) is 5.69 Å². The Bertz CT molecular complexity index is 580. The molecule has 1 aromatic heterocycles. The second-order valence-corrected chi connectivity index (χ2v) is 4.60. The predicted octanol–water partition coefficient (Wildman–Crippen LogP) is 1.32. The van der Waals surface area contributed by atoms with Crippen LogP contribution in [0.2, 0.25) is 0 Å².